The molecule has 0 amide bonds. The third-order valence-electron chi connectivity index (χ3n) is 4.13. The van der Waals surface area contributed by atoms with Crippen LogP contribution in [0, 0.1) is 0 Å². The Morgan fingerprint density at radius 3 is 2.88 bits per heavy atom. The second kappa shape index (κ2) is 4.79. The molecule has 1 aliphatic carbocycles. The molecule has 0 saturated heterocycles. The lowest BCUT2D eigenvalue weighted by Gasteiger charge is -2.31. The van der Waals surface area contributed by atoms with Crippen molar-refractivity contribution in [3.63, 3.8) is 0 Å². The Labute approximate surface area is 104 Å². The molecule has 1 aromatic carbocycles. The molecular weight excluding hydrogens is 208 g/mol. The molecule has 2 nitrogen and oxygen atoms in total. The van der Waals surface area contributed by atoms with Crippen LogP contribution in [0.5, 0.6) is 0 Å². The Bertz CT molecular complexity index is 384. The highest BCUT2D eigenvalue weighted by molar-refractivity contribution is 5.33. The van der Waals surface area contributed by atoms with Crippen LogP contribution in [0.1, 0.15) is 36.8 Å². The summed E-state index contributed by atoms with van der Waals surface area (Å²) in [5.74, 6) is 0.681. The van der Waals surface area contributed by atoms with Crippen LogP contribution >= 0.6 is 0 Å². The van der Waals surface area contributed by atoms with E-state index < -0.39 is 0 Å². The number of hydrogen-bond acceptors (Lipinski definition) is 2. The Morgan fingerprint density at radius 2 is 2.12 bits per heavy atom. The molecule has 2 aliphatic rings. The Balaban J connectivity index is 1.75. The predicted molar refractivity (Wildman–Crippen MR) is 71.2 cm³/mol. The van der Waals surface area contributed by atoms with Crippen molar-refractivity contribution in [3.05, 3.63) is 35.4 Å². The summed E-state index contributed by atoms with van der Waals surface area (Å²) >= 11 is 0. The average molecular weight is 230 g/mol. The van der Waals surface area contributed by atoms with Gasteiger partial charge < -0.3 is 10.2 Å². The third kappa shape index (κ3) is 2.38. The predicted octanol–water partition coefficient (Wildman–Crippen LogP) is 2.36. The Morgan fingerprint density at radius 1 is 1.29 bits per heavy atom. The maximum Gasteiger partial charge on any atom is 0.0208 e. The summed E-state index contributed by atoms with van der Waals surface area (Å²) in [7, 11) is 0. The van der Waals surface area contributed by atoms with Crippen molar-refractivity contribution < 1.29 is 0 Å². The van der Waals surface area contributed by atoms with E-state index in [9.17, 15) is 0 Å². The first-order chi connectivity index (χ1) is 8.38. The van der Waals surface area contributed by atoms with E-state index in [0.717, 1.165) is 19.1 Å². The van der Waals surface area contributed by atoms with Crippen LogP contribution in [0.3, 0.4) is 0 Å². The van der Waals surface area contributed by atoms with E-state index in [1.807, 2.05) is 0 Å². The summed E-state index contributed by atoms with van der Waals surface area (Å²) in [5.41, 5.74) is 3.07. The molecule has 0 aromatic heterocycles. The summed E-state index contributed by atoms with van der Waals surface area (Å²) in [6, 6.07) is 9.81. The van der Waals surface area contributed by atoms with Crippen LogP contribution in [0.2, 0.25) is 0 Å². The molecule has 1 atom stereocenters. The van der Waals surface area contributed by atoms with Gasteiger partial charge >= 0.3 is 0 Å². The highest BCUT2D eigenvalue weighted by Crippen LogP contribution is 2.31. The van der Waals surface area contributed by atoms with E-state index in [1.165, 1.54) is 31.5 Å². The topological polar surface area (TPSA) is 15.3 Å². The molecule has 0 spiro atoms. The first-order valence-corrected chi connectivity index (χ1v) is 6.91. The van der Waals surface area contributed by atoms with Crippen molar-refractivity contribution in [1.29, 1.82) is 0 Å². The fraction of sp³-hybridized carbons (Fsp3) is 0.600. The smallest absolute Gasteiger partial charge is 0.0208 e. The lowest BCUT2D eigenvalue weighted by atomic mass is 9.90. The van der Waals surface area contributed by atoms with E-state index in [2.05, 4.69) is 41.4 Å². The van der Waals surface area contributed by atoms with Gasteiger partial charge in [-0.25, -0.2) is 0 Å². The molecule has 1 aromatic rings. The van der Waals surface area contributed by atoms with E-state index in [-0.39, 0.29) is 0 Å². The van der Waals surface area contributed by atoms with Crippen molar-refractivity contribution in [1.82, 2.24) is 10.2 Å². The van der Waals surface area contributed by atoms with Crippen LogP contribution < -0.4 is 5.32 Å². The van der Waals surface area contributed by atoms with Gasteiger partial charge in [-0.3, -0.25) is 0 Å². The minimum atomic E-state index is 0.681. The zero-order chi connectivity index (χ0) is 11.7. The number of rotatable bonds is 4. The van der Waals surface area contributed by atoms with Gasteiger partial charge in [0, 0.05) is 31.6 Å². The standard InChI is InChI=1S/C15H22N2/c1-2-17(14-7-8-14)11-13-10-16-9-12-5-3-4-6-15(12)13/h3-6,13-14,16H,2,7-11H2,1H3. The molecule has 1 unspecified atom stereocenters. The van der Waals surface area contributed by atoms with Gasteiger partial charge in [0.2, 0.25) is 0 Å². The number of nitrogens with zero attached hydrogens (tertiary/aromatic N) is 1. The minimum absolute atomic E-state index is 0.681. The van der Waals surface area contributed by atoms with Gasteiger partial charge in [-0.1, -0.05) is 31.2 Å². The largest absolute Gasteiger partial charge is 0.312 e. The Hall–Kier alpha value is -0.860. The van der Waals surface area contributed by atoms with Gasteiger partial charge in [0.15, 0.2) is 0 Å². The first kappa shape index (κ1) is 11.2. The maximum absolute atomic E-state index is 3.55. The molecule has 3 rings (SSSR count). The number of benzene rings is 1. The van der Waals surface area contributed by atoms with Crippen molar-refractivity contribution in [2.45, 2.75) is 38.3 Å². The van der Waals surface area contributed by atoms with Gasteiger partial charge in [-0.05, 0) is 30.5 Å². The minimum Gasteiger partial charge on any atom is -0.312 e. The molecular formula is C15H22N2. The molecule has 1 heterocycles. The molecule has 1 saturated carbocycles. The number of likely N-dealkylation sites (N-methyl/N-ethyl adjacent to an activating group) is 1. The lowest BCUT2D eigenvalue weighted by molar-refractivity contribution is 0.252. The summed E-state index contributed by atoms with van der Waals surface area (Å²) in [6.45, 7) is 6.90. The highest BCUT2D eigenvalue weighted by Gasteiger charge is 2.30. The van der Waals surface area contributed by atoms with Crippen LogP contribution in [-0.4, -0.2) is 30.6 Å². The van der Waals surface area contributed by atoms with Crippen LogP contribution in [0.25, 0.3) is 0 Å². The monoisotopic (exact) mass is 230 g/mol. The third-order valence-corrected chi connectivity index (χ3v) is 4.13. The van der Waals surface area contributed by atoms with Crippen LogP contribution in [-0.2, 0) is 6.54 Å². The molecule has 1 aliphatic heterocycles. The summed E-state index contributed by atoms with van der Waals surface area (Å²) in [4.78, 5) is 2.66. The zero-order valence-electron chi connectivity index (χ0n) is 10.7. The average Bonchev–Trinajstić information content (AvgIpc) is 3.20. The lowest BCUT2D eigenvalue weighted by Crippen LogP contribution is -2.37. The van der Waals surface area contributed by atoms with E-state index in [0.29, 0.717) is 5.92 Å². The molecule has 17 heavy (non-hydrogen) atoms. The quantitative estimate of drug-likeness (QED) is 0.854. The Kier molecular flexibility index (Phi) is 3.17. The van der Waals surface area contributed by atoms with E-state index in [4.69, 9.17) is 0 Å². The van der Waals surface area contributed by atoms with Gasteiger partial charge in [0.25, 0.3) is 0 Å². The second-order valence-electron chi connectivity index (χ2n) is 5.35. The van der Waals surface area contributed by atoms with Crippen LogP contribution in [0.15, 0.2) is 24.3 Å². The second-order valence-corrected chi connectivity index (χ2v) is 5.35. The van der Waals surface area contributed by atoms with Crippen molar-refractivity contribution in [2.75, 3.05) is 19.6 Å². The van der Waals surface area contributed by atoms with Crippen molar-refractivity contribution in [2.24, 2.45) is 0 Å². The van der Waals surface area contributed by atoms with Crippen molar-refractivity contribution >= 4 is 0 Å². The van der Waals surface area contributed by atoms with Gasteiger partial charge in [-0.15, -0.1) is 0 Å². The molecule has 0 radical (unpaired) electrons. The molecule has 2 heteroatoms. The number of fused-ring (bicyclic) bond motifs is 1. The summed E-state index contributed by atoms with van der Waals surface area (Å²) in [6.07, 6.45) is 2.82. The molecule has 92 valence electrons. The highest BCUT2D eigenvalue weighted by atomic mass is 15.2. The van der Waals surface area contributed by atoms with E-state index >= 15 is 0 Å². The number of nitrogens with one attached hydrogen (secondary N) is 1. The number of hydrogen-bond donors (Lipinski definition) is 1. The normalized spacial score (nSPS) is 23.8. The van der Waals surface area contributed by atoms with Gasteiger partial charge in [0.1, 0.15) is 0 Å². The van der Waals surface area contributed by atoms with Crippen LogP contribution in [0.4, 0.5) is 0 Å². The van der Waals surface area contributed by atoms with E-state index in [1.54, 1.807) is 5.56 Å². The fourth-order valence-corrected chi connectivity index (χ4v) is 3.01. The molecule has 0 bridgehead atoms. The maximum atomic E-state index is 3.55. The molecule has 1 fully saturated rings. The SMILES string of the molecule is CCN(CC1CNCc2ccccc21)C1CC1. The van der Waals surface area contributed by atoms with Gasteiger partial charge in [-0.2, -0.15) is 0 Å². The van der Waals surface area contributed by atoms with Crippen molar-refractivity contribution in [3.8, 4) is 0 Å². The first-order valence-electron chi connectivity index (χ1n) is 6.91. The fourth-order valence-electron chi connectivity index (χ4n) is 3.01. The zero-order valence-corrected chi connectivity index (χ0v) is 10.7. The molecule has 1 N–H and O–H groups in total. The van der Waals surface area contributed by atoms with Gasteiger partial charge in [0.05, 0.1) is 0 Å². The summed E-state index contributed by atoms with van der Waals surface area (Å²) < 4.78 is 0. The summed E-state index contributed by atoms with van der Waals surface area (Å²) in [5, 5.41) is 3.55.